The minimum atomic E-state index is -0.285. The summed E-state index contributed by atoms with van der Waals surface area (Å²) in [7, 11) is 0. The number of hydrogen-bond donors (Lipinski definition) is 2. The van der Waals surface area contributed by atoms with Gasteiger partial charge < -0.3 is 15.0 Å². The number of phenolic OH excluding ortho intramolecular Hbond substituents is 1. The lowest BCUT2D eigenvalue weighted by Gasteiger charge is -2.13. The fraction of sp³-hybridized carbons (Fsp3) is 0.214. The molecule has 0 aliphatic carbocycles. The molecule has 2 N–H and O–H groups in total. The summed E-state index contributed by atoms with van der Waals surface area (Å²) in [5.74, 6) is -0.314. The van der Waals surface area contributed by atoms with Crippen LogP contribution in [0.15, 0.2) is 30.5 Å². The molecule has 0 aliphatic heterocycles. The average Bonchev–Trinajstić information content (AvgIpc) is 2.76. The van der Waals surface area contributed by atoms with Crippen LogP contribution in [-0.4, -0.2) is 15.6 Å². The number of phenols is 1. The van der Waals surface area contributed by atoms with Crippen LogP contribution in [0.3, 0.4) is 0 Å². The molecular formula is C14H14Cl2N2O2. The van der Waals surface area contributed by atoms with E-state index in [0.717, 1.165) is 0 Å². The van der Waals surface area contributed by atoms with E-state index in [1.54, 1.807) is 22.9 Å². The van der Waals surface area contributed by atoms with Gasteiger partial charge in [-0.15, -0.1) is 0 Å². The topological polar surface area (TPSA) is 54.3 Å². The summed E-state index contributed by atoms with van der Waals surface area (Å²) < 4.78 is 1.79. The van der Waals surface area contributed by atoms with Crippen LogP contribution in [0.4, 0.5) is 5.69 Å². The summed E-state index contributed by atoms with van der Waals surface area (Å²) in [6.45, 7) is 3.93. The standard InChI is InChI=1S/C14H14Cl2N2O2/c1-8(2)18-7-9(15)5-12(18)14(20)17-10-3-4-13(19)11(16)6-10/h3-8,19H,1-2H3,(H,17,20). The van der Waals surface area contributed by atoms with E-state index in [4.69, 9.17) is 23.2 Å². The molecule has 1 aromatic carbocycles. The zero-order valence-electron chi connectivity index (χ0n) is 11.0. The molecule has 4 nitrogen and oxygen atoms in total. The number of carbonyl (C=O) groups is 1. The van der Waals surface area contributed by atoms with Gasteiger partial charge in [-0.3, -0.25) is 4.79 Å². The Hall–Kier alpha value is -1.65. The van der Waals surface area contributed by atoms with Crippen molar-refractivity contribution >= 4 is 34.8 Å². The van der Waals surface area contributed by atoms with Crippen molar-refractivity contribution in [3.05, 3.63) is 46.2 Å². The summed E-state index contributed by atoms with van der Waals surface area (Å²) >= 11 is 11.7. The van der Waals surface area contributed by atoms with Crippen LogP contribution in [0.2, 0.25) is 10.0 Å². The quantitative estimate of drug-likeness (QED) is 0.829. The summed E-state index contributed by atoms with van der Waals surface area (Å²) in [5.41, 5.74) is 0.972. The predicted molar refractivity (Wildman–Crippen MR) is 80.9 cm³/mol. The highest BCUT2D eigenvalue weighted by Crippen LogP contribution is 2.27. The zero-order chi connectivity index (χ0) is 14.9. The number of hydrogen-bond acceptors (Lipinski definition) is 2. The molecule has 0 fully saturated rings. The maximum atomic E-state index is 12.3. The zero-order valence-corrected chi connectivity index (χ0v) is 12.5. The monoisotopic (exact) mass is 312 g/mol. The molecule has 0 spiro atoms. The first-order valence-electron chi connectivity index (χ1n) is 6.05. The van der Waals surface area contributed by atoms with E-state index in [0.29, 0.717) is 16.4 Å². The number of amides is 1. The molecule has 1 heterocycles. The molecular weight excluding hydrogens is 299 g/mol. The van der Waals surface area contributed by atoms with E-state index < -0.39 is 0 Å². The van der Waals surface area contributed by atoms with E-state index in [-0.39, 0.29) is 22.7 Å². The van der Waals surface area contributed by atoms with Crippen molar-refractivity contribution < 1.29 is 9.90 Å². The molecule has 1 amide bonds. The molecule has 2 aromatic rings. The number of nitrogens with one attached hydrogen (secondary N) is 1. The summed E-state index contributed by atoms with van der Waals surface area (Å²) in [6.07, 6.45) is 1.71. The SMILES string of the molecule is CC(C)n1cc(Cl)cc1C(=O)Nc1ccc(O)c(Cl)c1. The third-order valence-electron chi connectivity index (χ3n) is 2.81. The van der Waals surface area contributed by atoms with Crippen LogP contribution in [0.25, 0.3) is 0 Å². The van der Waals surface area contributed by atoms with Crippen LogP contribution >= 0.6 is 23.2 Å². The van der Waals surface area contributed by atoms with Crippen LogP contribution in [-0.2, 0) is 0 Å². The maximum Gasteiger partial charge on any atom is 0.272 e. The fourth-order valence-electron chi connectivity index (χ4n) is 1.83. The smallest absolute Gasteiger partial charge is 0.272 e. The van der Waals surface area contributed by atoms with Crippen molar-refractivity contribution in [3.63, 3.8) is 0 Å². The van der Waals surface area contributed by atoms with Gasteiger partial charge in [0.1, 0.15) is 11.4 Å². The van der Waals surface area contributed by atoms with Crippen LogP contribution in [0, 0.1) is 0 Å². The number of carbonyl (C=O) groups excluding carboxylic acids is 1. The highest BCUT2D eigenvalue weighted by Gasteiger charge is 2.15. The Labute approximate surface area is 126 Å². The van der Waals surface area contributed by atoms with Gasteiger partial charge >= 0.3 is 0 Å². The molecule has 106 valence electrons. The van der Waals surface area contributed by atoms with Crippen molar-refractivity contribution in [3.8, 4) is 5.75 Å². The highest BCUT2D eigenvalue weighted by molar-refractivity contribution is 6.32. The lowest BCUT2D eigenvalue weighted by atomic mass is 10.3. The first-order chi connectivity index (χ1) is 9.38. The third kappa shape index (κ3) is 3.08. The Balaban J connectivity index is 2.26. The molecule has 0 unspecified atom stereocenters. The molecule has 2 rings (SSSR count). The fourth-order valence-corrected chi connectivity index (χ4v) is 2.22. The molecule has 20 heavy (non-hydrogen) atoms. The Bertz CT molecular complexity index is 651. The van der Waals surface area contributed by atoms with Crippen molar-refractivity contribution in [2.45, 2.75) is 19.9 Å². The minimum Gasteiger partial charge on any atom is -0.506 e. The van der Waals surface area contributed by atoms with E-state index in [9.17, 15) is 9.90 Å². The first kappa shape index (κ1) is 14.8. The van der Waals surface area contributed by atoms with Crippen LogP contribution in [0.1, 0.15) is 30.4 Å². The molecule has 0 bridgehead atoms. The Kier molecular flexibility index (Phi) is 4.26. The molecule has 6 heteroatoms. The van der Waals surface area contributed by atoms with Crippen molar-refractivity contribution in [1.82, 2.24) is 4.57 Å². The van der Waals surface area contributed by atoms with Gasteiger partial charge in [-0.25, -0.2) is 0 Å². The van der Waals surface area contributed by atoms with Gasteiger partial charge in [0, 0.05) is 17.9 Å². The first-order valence-corrected chi connectivity index (χ1v) is 6.81. The van der Waals surface area contributed by atoms with Crippen molar-refractivity contribution in [1.29, 1.82) is 0 Å². The number of aromatic hydroxyl groups is 1. The van der Waals surface area contributed by atoms with E-state index in [2.05, 4.69) is 5.32 Å². The summed E-state index contributed by atoms with van der Waals surface area (Å²) in [6, 6.07) is 6.21. The molecule has 0 atom stereocenters. The van der Waals surface area contributed by atoms with Gasteiger partial charge in [-0.2, -0.15) is 0 Å². The van der Waals surface area contributed by atoms with Crippen LogP contribution in [0.5, 0.6) is 5.75 Å². The number of halogens is 2. The molecule has 0 aliphatic rings. The lowest BCUT2D eigenvalue weighted by Crippen LogP contribution is -2.17. The minimum absolute atomic E-state index is 0.0294. The number of anilines is 1. The summed E-state index contributed by atoms with van der Waals surface area (Å²) in [4.78, 5) is 12.3. The molecule has 0 radical (unpaired) electrons. The second-order valence-corrected chi connectivity index (χ2v) is 5.51. The van der Waals surface area contributed by atoms with Gasteiger partial charge in [0.25, 0.3) is 5.91 Å². The van der Waals surface area contributed by atoms with Gasteiger partial charge in [0.15, 0.2) is 0 Å². The second-order valence-electron chi connectivity index (χ2n) is 4.66. The second kappa shape index (κ2) is 5.77. The van der Waals surface area contributed by atoms with Crippen molar-refractivity contribution in [2.75, 3.05) is 5.32 Å². The maximum absolute atomic E-state index is 12.3. The van der Waals surface area contributed by atoms with E-state index >= 15 is 0 Å². The number of nitrogens with zero attached hydrogens (tertiary/aromatic N) is 1. The number of aromatic nitrogens is 1. The van der Waals surface area contributed by atoms with Crippen molar-refractivity contribution in [2.24, 2.45) is 0 Å². The predicted octanol–water partition coefficient (Wildman–Crippen LogP) is 4.33. The average molecular weight is 313 g/mol. The van der Waals surface area contributed by atoms with Gasteiger partial charge in [0.05, 0.1) is 10.0 Å². The molecule has 0 saturated carbocycles. The largest absolute Gasteiger partial charge is 0.506 e. The normalized spacial score (nSPS) is 10.8. The Morgan fingerprint density at radius 2 is 2.00 bits per heavy atom. The lowest BCUT2D eigenvalue weighted by molar-refractivity contribution is 0.101. The van der Waals surface area contributed by atoms with Gasteiger partial charge in [-0.1, -0.05) is 23.2 Å². The molecule has 0 saturated heterocycles. The molecule has 1 aromatic heterocycles. The number of rotatable bonds is 3. The van der Waals surface area contributed by atoms with Gasteiger partial charge in [-0.05, 0) is 38.1 Å². The summed E-state index contributed by atoms with van der Waals surface area (Å²) in [5, 5.41) is 12.8. The Morgan fingerprint density at radius 3 is 2.60 bits per heavy atom. The van der Waals surface area contributed by atoms with E-state index in [1.165, 1.54) is 12.1 Å². The van der Waals surface area contributed by atoms with E-state index in [1.807, 2.05) is 13.8 Å². The highest BCUT2D eigenvalue weighted by atomic mass is 35.5. The Morgan fingerprint density at radius 1 is 1.30 bits per heavy atom. The van der Waals surface area contributed by atoms with Gasteiger partial charge in [0.2, 0.25) is 0 Å². The third-order valence-corrected chi connectivity index (χ3v) is 3.32. The number of benzene rings is 1. The van der Waals surface area contributed by atoms with Crippen LogP contribution < -0.4 is 5.32 Å².